The average Bonchev–Trinajstić information content (AvgIpc) is 2.85. The number of benzene rings is 1. The Morgan fingerprint density at radius 2 is 2.21 bits per heavy atom. The number of hydrogen-bond donors (Lipinski definition) is 2. The SMILES string of the molecule is CCOCCCN(Cc1ccc2c(c1)[C@@H](C(N)=O)[C@H](O)C2)C(C)C. The lowest BCUT2D eigenvalue weighted by molar-refractivity contribution is -0.121. The van der Waals surface area contributed by atoms with Crippen molar-refractivity contribution < 1.29 is 14.6 Å². The molecule has 1 aromatic carbocycles. The number of rotatable bonds is 9. The molecule has 0 saturated carbocycles. The van der Waals surface area contributed by atoms with Crippen LogP contribution in [0.25, 0.3) is 0 Å². The Balaban J connectivity index is 2.07. The summed E-state index contributed by atoms with van der Waals surface area (Å²) in [5, 5.41) is 10.1. The second kappa shape index (κ2) is 8.60. The van der Waals surface area contributed by atoms with Crippen LogP contribution in [0.2, 0.25) is 0 Å². The van der Waals surface area contributed by atoms with Crippen LogP contribution in [0.3, 0.4) is 0 Å². The molecule has 5 nitrogen and oxygen atoms in total. The minimum absolute atomic E-state index is 0.428. The third kappa shape index (κ3) is 4.56. The molecule has 5 heteroatoms. The number of ether oxygens (including phenoxy) is 1. The third-order valence-electron chi connectivity index (χ3n) is 4.72. The van der Waals surface area contributed by atoms with Gasteiger partial charge in [-0.25, -0.2) is 0 Å². The molecule has 0 fully saturated rings. The van der Waals surface area contributed by atoms with Crippen LogP contribution in [-0.4, -0.2) is 47.8 Å². The fraction of sp³-hybridized carbons (Fsp3) is 0.632. The van der Waals surface area contributed by atoms with Gasteiger partial charge in [0.05, 0.1) is 12.0 Å². The zero-order valence-corrected chi connectivity index (χ0v) is 15.0. The van der Waals surface area contributed by atoms with Gasteiger partial charge >= 0.3 is 0 Å². The number of fused-ring (bicyclic) bond motifs is 1. The van der Waals surface area contributed by atoms with E-state index in [9.17, 15) is 9.90 Å². The largest absolute Gasteiger partial charge is 0.392 e. The molecule has 3 N–H and O–H groups in total. The molecule has 1 aliphatic carbocycles. The van der Waals surface area contributed by atoms with Crippen molar-refractivity contribution in [2.24, 2.45) is 5.73 Å². The van der Waals surface area contributed by atoms with E-state index in [2.05, 4.69) is 24.8 Å². The van der Waals surface area contributed by atoms with Gasteiger partial charge in [-0.15, -0.1) is 0 Å². The highest BCUT2D eigenvalue weighted by atomic mass is 16.5. The molecule has 1 aliphatic rings. The maximum atomic E-state index is 11.7. The fourth-order valence-corrected chi connectivity index (χ4v) is 3.38. The van der Waals surface area contributed by atoms with Crippen molar-refractivity contribution in [1.82, 2.24) is 4.90 Å². The topological polar surface area (TPSA) is 75.8 Å². The number of primary amides is 1. The van der Waals surface area contributed by atoms with Gasteiger partial charge in [0.25, 0.3) is 0 Å². The van der Waals surface area contributed by atoms with Gasteiger partial charge in [0.15, 0.2) is 0 Å². The van der Waals surface area contributed by atoms with E-state index in [0.29, 0.717) is 12.5 Å². The van der Waals surface area contributed by atoms with Crippen molar-refractivity contribution in [3.05, 3.63) is 34.9 Å². The molecule has 0 radical (unpaired) electrons. The maximum Gasteiger partial charge on any atom is 0.227 e. The van der Waals surface area contributed by atoms with E-state index in [0.717, 1.165) is 49.4 Å². The highest BCUT2D eigenvalue weighted by Crippen LogP contribution is 2.34. The quantitative estimate of drug-likeness (QED) is 0.675. The van der Waals surface area contributed by atoms with Crippen LogP contribution in [0.15, 0.2) is 18.2 Å². The Kier molecular flexibility index (Phi) is 6.78. The Hall–Kier alpha value is -1.43. The smallest absolute Gasteiger partial charge is 0.227 e. The van der Waals surface area contributed by atoms with Crippen molar-refractivity contribution in [2.45, 2.75) is 58.2 Å². The second-order valence-electron chi connectivity index (χ2n) is 6.80. The normalized spacial score (nSPS) is 19.9. The highest BCUT2D eigenvalue weighted by Gasteiger charge is 2.35. The van der Waals surface area contributed by atoms with E-state index >= 15 is 0 Å². The summed E-state index contributed by atoms with van der Waals surface area (Å²) >= 11 is 0. The molecule has 2 rings (SSSR count). The standard InChI is InChI=1S/C19H30N2O3/c1-4-24-9-5-8-21(13(2)3)12-14-6-7-15-11-17(22)18(19(20)23)16(15)10-14/h6-7,10,13,17-18,22H,4-5,8-9,11-12H2,1-3H3,(H2,20,23)/t17-,18-/m1/s1. The second-order valence-corrected chi connectivity index (χ2v) is 6.80. The first-order valence-electron chi connectivity index (χ1n) is 8.84. The van der Waals surface area contributed by atoms with Crippen molar-refractivity contribution in [3.8, 4) is 0 Å². The monoisotopic (exact) mass is 334 g/mol. The van der Waals surface area contributed by atoms with E-state index in [-0.39, 0.29) is 0 Å². The Bertz CT molecular complexity index is 560. The minimum Gasteiger partial charge on any atom is -0.392 e. The molecule has 1 amide bonds. The fourth-order valence-electron chi connectivity index (χ4n) is 3.38. The molecule has 0 aromatic heterocycles. The van der Waals surface area contributed by atoms with Crippen LogP contribution >= 0.6 is 0 Å². The van der Waals surface area contributed by atoms with Crippen LogP contribution in [0.5, 0.6) is 0 Å². The summed E-state index contributed by atoms with van der Waals surface area (Å²) in [6.45, 7) is 9.70. The molecule has 0 unspecified atom stereocenters. The molecule has 0 bridgehead atoms. The lowest BCUT2D eigenvalue weighted by atomic mass is 9.97. The van der Waals surface area contributed by atoms with E-state index < -0.39 is 17.9 Å². The zero-order valence-electron chi connectivity index (χ0n) is 15.0. The van der Waals surface area contributed by atoms with E-state index in [1.54, 1.807) is 0 Å². The average molecular weight is 334 g/mol. The number of aliphatic hydroxyl groups excluding tert-OH is 1. The molecular formula is C19H30N2O3. The van der Waals surface area contributed by atoms with Crippen molar-refractivity contribution in [3.63, 3.8) is 0 Å². The highest BCUT2D eigenvalue weighted by molar-refractivity contribution is 5.84. The Morgan fingerprint density at radius 3 is 2.83 bits per heavy atom. The van der Waals surface area contributed by atoms with Gasteiger partial charge in [-0.1, -0.05) is 18.2 Å². The number of nitrogens with zero attached hydrogens (tertiary/aromatic N) is 1. The predicted octanol–water partition coefficient (Wildman–Crippen LogP) is 1.81. The molecule has 0 aliphatic heterocycles. The molecule has 0 spiro atoms. The summed E-state index contributed by atoms with van der Waals surface area (Å²) in [6, 6.07) is 6.58. The number of amides is 1. The Labute approximate surface area is 144 Å². The number of carbonyl (C=O) groups is 1. The first-order valence-corrected chi connectivity index (χ1v) is 8.84. The van der Waals surface area contributed by atoms with Gasteiger partial charge in [-0.2, -0.15) is 0 Å². The van der Waals surface area contributed by atoms with Gasteiger partial charge in [0.1, 0.15) is 0 Å². The molecule has 24 heavy (non-hydrogen) atoms. The van der Waals surface area contributed by atoms with E-state index in [1.807, 2.05) is 19.1 Å². The van der Waals surface area contributed by atoms with Crippen LogP contribution < -0.4 is 5.73 Å². The van der Waals surface area contributed by atoms with Crippen LogP contribution in [0.1, 0.15) is 49.8 Å². The van der Waals surface area contributed by atoms with Gasteiger partial charge in [-0.3, -0.25) is 9.69 Å². The van der Waals surface area contributed by atoms with E-state index in [4.69, 9.17) is 10.5 Å². The summed E-state index contributed by atoms with van der Waals surface area (Å²) in [5.74, 6) is -1.03. The summed E-state index contributed by atoms with van der Waals surface area (Å²) in [6.07, 6.45) is 0.811. The molecule has 2 atom stereocenters. The van der Waals surface area contributed by atoms with Gasteiger partial charge in [-0.05, 0) is 50.3 Å². The van der Waals surface area contributed by atoms with Gasteiger partial charge in [0, 0.05) is 32.3 Å². The molecule has 0 heterocycles. The summed E-state index contributed by atoms with van der Waals surface area (Å²) < 4.78 is 5.42. The Morgan fingerprint density at radius 1 is 1.46 bits per heavy atom. The molecular weight excluding hydrogens is 304 g/mol. The maximum absolute atomic E-state index is 11.7. The third-order valence-corrected chi connectivity index (χ3v) is 4.72. The summed E-state index contributed by atoms with van der Waals surface area (Å²) in [4.78, 5) is 14.1. The van der Waals surface area contributed by atoms with Crippen LogP contribution in [-0.2, 0) is 22.5 Å². The number of aliphatic hydroxyl groups is 1. The van der Waals surface area contributed by atoms with Crippen molar-refractivity contribution in [1.29, 1.82) is 0 Å². The molecule has 134 valence electrons. The van der Waals surface area contributed by atoms with Crippen LogP contribution in [0.4, 0.5) is 0 Å². The summed E-state index contributed by atoms with van der Waals surface area (Å²) in [7, 11) is 0. The van der Waals surface area contributed by atoms with Gasteiger partial charge in [0.2, 0.25) is 5.91 Å². The number of hydrogen-bond acceptors (Lipinski definition) is 4. The zero-order chi connectivity index (χ0) is 17.7. The minimum atomic E-state index is -0.694. The molecule has 0 saturated heterocycles. The van der Waals surface area contributed by atoms with Gasteiger partial charge < -0.3 is 15.6 Å². The predicted molar refractivity (Wildman–Crippen MR) is 94.7 cm³/mol. The first kappa shape index (κ1) is 18.9. The van der Waals surface area contributed by atoms with Crippen molar-refractivity contribution >= 4 is 5.91 Å². The lowest BCUT2D eigenvalue weighted by Crippen LogP contribution is -2.32. The first-order chi connectivity index (χ1) is 11.4. The van der Waals surface area contributed by atoms with Crippen molar-refractivity contribution in [2.75, 3.05) is 19.8 Å². The molecule has 1 aromatic rings. The van der Waals surface area contributed by atoms with Crippen LogP contribution in [0, 0.1) is 0 Å². The number of nitrogens with two attached hydrogens (primary N) is 1. The lowest BCUT2D eigenvalue weighted by Gasteiger charge is -2.27. The van der Waals surface area contributed by atoms with E-state index in [1.165, 1.54) is 0 Å². The summed E-state index contributed by atoms with van der Waals surface area (Å²) in [5.41, 5.74) is 8.55. The number of carbonyl (C=O) groups excluding carboxylic acids is 1.